The first-order valence-corrected chi connectivity index (χ1v) is 9.74. The van der Waals surface area contributed by atoms with Crippen LogP contribution in [0.3, 0.4) is 0 Å². The van der Waals surface area contributed by atoms with E-state index in [1.807, 2.05) is 24.3 Å². The number of hydrogen-bond acceptors (Lipinski definition) is 8. The molecule has 1 saturated heterocycles. The summed E-state index contributed by atoms with van der Waals surface area (Å²) in [4.78, 5) is 24.9. The Hall–Kier alpha value is -2.75. The number of benzene rings is 1. The van der Waals surface area contributed by atoms with Gasteiger partial charge in [0.2, 0.25) is 0 Å². The minimum absolute atomic E-state index is 0.0968. The Morgan fingerprint density at radius 1 is 1.24 bits per heavy atom. The smallest absolute Gasteiger partial charge is 0.273 e. The van der Waals surface area contributed by atoms with E-state index in [9.17, 15) is 4.79 Å². The third-order valence-electron chi connectivity index (χ3n) is 4.93. The number of anilines is 1. The molecule has 1 amide bonds. The number of carbonyl (C=O) groups is 1. The lowest BCUT2D eigenvalue weighted by atomic mass is 10.1. The summed E-state index contributed by atoms with van der Waals surface area (Å²) in [5, 5.41) is 11.5. The van der Waals surface area contributed by atoms with E-state index < -0.39 is 0 Å². The van der Waals surface area contributed by atoms with Gasteiger partial charge in [0.1, 0.15) is 12.4 Å². The Morgan fingerprint density at radius 3 is 2.66 bits per heavy atom. The molecule has 0 radical (unpaired) electrons. The van der Waals surface area contributed by atoms with Crippen LogP contribution in [0.4, 0.5) is 5.82 Å². The van der Waals surface area contributed by atoms with Gasteiger partial charge in [0.25, 0.3) is 5.91 Å². The Kier molecular flexibility index (Phi) is 7.34. The number of carbonyl (C=O) groups excluding carboxylic acids is 1. The fourth-order valence-electron chi connectivity index (χ4n) is 3.24. The summed E-state index contributed by atoms with van der Waals surface area (Å²) in [6.07, 6.45) is 1.55. The van der Waals surface area contributed by atoms with E-state index in [-0.39, 0.29) is 24.0 Å². The molecule has 9 heteroatoms. The summed E-state index contributed by atoms with van der Waals surface area (Å²) in [5.74, 6) is 0.462. The van der Waals surface area contributed by atoms with Gasteiger partial charge in [0.15, 0.2) is 11.5 Å². The molecule has 0 saturated carbocycles. The van der Waals surface area contributed by atoms with E-state index in [0.29, 0.717) is 12.3 Å². The maximum absolute atomic E-state index is 11.9. The maximum Gasteiger partial charge on any atom is 0.273 e. The first-order chi connectivity index (χ1) is 14.1. The van der Waals surface area contributed by atoms with Gasteiger partial charge in [-0.3, -0.25) is 14.6 Å². The van der Waals surface area contributed by atoms with Crippen molar-refractivity contribution in [1.82, 2.24) is 25.1 Å². The highest BCUT2D eigenvalue weighted by Gasteiger charge is 2.16. The molecule has 2 heterocycles. The molecule has 1 aliphatic rings. The molecule has 1 aliphatic heterocycles. The molecule has 1 fully saturated rings. The van der Waals surface area contributed by atoms with Crippen molar-refractivity contribution < 1.29 is 14.6 Å². The van der Waals surface area contributed by atoms with Crippen LogP contribution >= 0.6 is 0 Å². The highest BCUT2D eigenvalue weighted by atomic mass is 16.5. The molecule has 4 N–H and O–H groups in total. The first kappa shape index (κ1) is 21.0. The zero-order valence-corrected chi connectivity index (χ0v) is 16.7. The van der Waals surface area contributed by atoms with Crippen LogP contribution in [0.25, 0.3) is 11.3 Å². The van der Waals surface area contributed by atoms with Gasteiger partial charge in [-0.15, -0.1) is 0 Å². The number of aliphatic hydroxyl groups is 1. The highest BCUT2D eigenvalue weighted by Crippen LogP contribution is 2.23. The summed E-state index contributed by atoms with van der Waals surface area (Å²) in [5.41, 5.74) is 7.23. The van der Waals surface area contributed by atoms with Crippen LogP contribution in [-0.4, -0.2) is 90.3 Å². The Balaban J connectivity index is 1.57. The van der Waals surface area contributed by atoms with Crippen molar-refractivity contribution in [1.29, 1.82) is 0 Å². The molecular weight excluding hydrogens is 372 g/mol. The van der Waals surface area contributed by atoms with Crippen LogP contribution in [0.1, 0.15) is 10.5 Å². The molecule has 2 aromatic rings. The zero-order valence-electron chi connectivity index (χ0n) is 16.7. The summed E-state index contributed by atoms with van der Waals surface area (Å²) in [6.45, 7) is 6.29. The van der Waals surface area contributed by atoms with Gasteiger partial charge in [-0.1, -0.05) is 12.1 Å². The van der Waals surface area contributed by atoms with Crippen molar-refractivity contribution in [2.45, 2.75) is 0 Å². The van der Waals surface area contributed by atoms with Gasteiger partial charge in [-0.25, -0.2) is 9.97 Å². The number of piperazine rings is 1. The topological polar surface area (TPSA) is 117 Å². The van der Waals surface area contributed by atoms with Gasteiger partial charge in [0, 0.05) is 51.9 Å². The minimum atomic E-state index is -0.372. The summed E-state index contributed by atoms with van der Waals surface area (Å²) >= 11 is 0. The van der Waals surface area contributed by atoms with E-state index in [1.165, 1.54) is 7.05 Å². The highest BCUT2D eigenvalue weighted by molar-refractivity contribution is 5.96. The number of hydrogen-bond donors (Lipinski definition) is 3. The minimum Gasteiger partial charge on any atom is -0.492 e. The first-order valence-electron chi connectivity index (χ1n) is 9.74. The van der Waals surface area contributed by atoms with Crippen molar-refractivity contribution in [2.75, 3.05) is 65.3 Å². The number of nitrogens with one attached hydrogen (secondary N) is 1. The number of nitrogen functional groups attached to an aromatic ring is 1. The molecule has 29 heavy (non-hydrogen) atoms. The van der Waals surface area contributed by atoms with Crippen LogP contribution < -0.4 is 15.8 Å². The SMILES string of the molecule is CNC(=O)c1nc(-c2cccc(OCCN3CCN(CCO)CC3)c2)cnc1N. The van der Waals surface area contributed by atoms with Crippen LogP contribution in [0.5, 0.6) is 5.75 Å². The summed E-state index contributed by atoms with van der Waals surface area (Å²) in [7, 11) is 1.52. The monoisotopic (exact) mass is 400 g/mol. The fourth-order valence-corrected chi connectivity index (χ4v) is 3.24. The second-order valence-corrected chi connectivity index (χ2v) is 6.85. The van der Waals surface area contributed by atoms with Crippen molar-refractivity contribution in [2.24, 2.45) is 0 Å². The standard InChI is InChI=1S/C20H28N6O3/c1-22-20(28)18-19(21)23-14-17(24-18)15-3-2-4-16(13-15)29-12-10-26-7-5-25(6-8-26)9-11-27/h2-4,13-14,27H,5-12H2,1H3,(H2,21,23)(H,22,28). The van der Waals surface area contributed by atoms with Crippen molar-refractivity contribution >= 4 is 11.7 Å². The Bertz CT molecular complexity index is 824. The molecule has 9 nitrogen and oxygen atoms in total. The van der Waals surface area contributed by atoms with E-state index in [0.717, 1.165) is 50.6 Å². The third-order valence-corrected chi connectivity index (χ3v) is 4.93. The number of rotatable bonds is 8. The average molecular weight is 400 g/mol. The van der Waals surface area contributed by atoms with Crippen molar-refractivity contribution in [3.63, 3.8) is 0 Å². The molecule has 0 atom stereocenters. The van der Waals surface area contributed by atoms with Crippen molar-refractivity contribution in [3.8, 4) is 17.0 Å². The number of ether oxygens (including phenoxy) is 1. The second kappa shape index (κ2) is 10.1. The van der Waals surface area contributed by atoms with Gasteiger partial charge < -0.3 is 20.9 Å². The third kappa shape index (κ3) is 5.63. The molecule has 0 spiro atoms. The molecule has 1 aromatic heterocycles. The van der Waals surface area contributed by atoms with E-state index in [2.05, 4.69) is 25.1 Å². The molecule has 0 aliphatic carbocycles. The normalized spacial score (nSPS) is 15.2. The van der Waals surface area contributed by atoms with Crippen LogP contribution in [0.15, 0.2) is 30.5 Å². The lowest BCUT2D eigenvalue weighted by Gasteiger charge is -2.34. The molecule has 1 aromatic carbocycles. The van der Waals surface area contributed by atoms with E-state index >= 15 is 0 Å². The Morgan fingerprint density at radius 2 is 1.97 bits per heavy atom. The van der Waals surface area contributed by atoms with Crippen molar-refractivity contribution in [3.05, 3.63) is 36.2 Å². The lowest BCUT2D eigenvalue weighted by Crippen LogP contribution is -2.48. The lowest BCUT2D eigenvalue weighted by molar-refractivity contribution is 0.0959. The fraction of sp³-hybridized carbons (Fsp3) is 0.450. The van der Waals surface area contributed by atoms with Gasteiger partial charge in [0.05, 0.1) is 18.5 Å². The van der Waals surface area contributed by atoms with E-state index in [4.69, 9.17) is 15.6 Å². The molecule has 156 valence electrons. The van der Waals surface area contributed by atoms with Gasteiger partial charge in [-0.2, -0.15) is 0 Å². The number of aliphatic hydroxyl groups excluding tert-OH is 1. The second-order valence-electron chi connectivity index (χ2n) is 6.85. The predicted octanol–water partition coefficient (Wildman–Crippen LogP) is 0.0741. The quantitative estimate of drug-likeness (QED) is 0.570. The summed E-state index contributed by atoms with van der Waals surface area (Å²) in [6, 6.07) is 7.55. The van der Waals surface area contributed by atoms with E-state index in [1.54, 1.807) is 6.20 Å². The number of aromatic nitrogens is 2. The molecule has 3 rings (SSSR count). The number of nitrogens with zero attached hydrogens (tertiary/aromatic N) is 4. The van der Waals surface area contributed by atoms with Crippen LogP contribution in [0.2, 0.25) is 0 Å². The maximum atomic E-state index is 11.9. The molecule has 0 bridgehead atoms. The average Bonchev–Trinajstić information content (AvgIpc) is 2.75. The van der Waals surface area contributed by atoms with Crippen LogP contribution in [-0.2, 0) is 0 Å². The molecule has 0 unspecified atom stereocenters. The van der Waals surface area contributed by atoms with Crippen LogP contribution in [0, 0.1) is 0 Å². The molecular formula is C20H28N6O3. The summed E-state index contributed by atoms with van der Waals surface area (Å²) < 4.78 is 5.92. The van der Waals surface area contributed by atoms with Gasteiger partial charge in [-0.05, 0) is 12.1 Å². The number of amides is 1. The number of β-amino-alcohol motifs (C(OH)–C–C–N with tert-alkyl or cyclic N) is 1. The predicted molar refractivity (Wildman–Crippen MR) is 111 cm³/mol. The zero-order chi connectivity index (χ0) is 20.6. The Labute approximate surface area is 170 Å². The number of nitrogens with two attached hydrogens (primary N) is 1. The van der Waals surface area contributed by atoms with Gasteiger partial charge >= 0.3 is 0 Å². The largest absolute Gasteiger partial charge is 0.492 e.